The molecule has 39 heavy (non-hydrogen) atoms. The Hall–Kier alpha value is -4.52. The zero-order chi connectivity index (χ0) is 28.4. The van der Waals surface area contributed by atoms with Crippen molar-refractivity contribution in [1.82, 2.24) is 9.80 Å². The highest BCUT2D eigenvalue weighted by atomic mass is 16.5. The number of phenols is 1. The zero-order valence-electron chi connectivity index (χ0n) is 22.9. The van der Waals surface area contributed by atoms with Gasteiger partial charge in [-0.3, -0.25) is 4.79 Å². The van der Waals surface area contributed by atoms with Gasteiger partial charge in [-0.05, 0) is 71.0 Å². The number of carboxylic acid groups (broad SMARTS) is 1. The summed E-state index contributed by atoms with van der Waals surface area (Å²) in [6.07, 6.45) is 2.63. The average Bonchev–Trinajstić information content (AvgIpc) is 2.92. The fraction of sp³-hybridized carbons (Fsp3) is 0.250. The smallest absolute Gasteiger partial charge is 0.407 e. The molecule has 3 aromatic carbocycles. The van der Waals surface area contributed by atoms with Gasteiger partial charge in [-0.25, -0.2) is 4.79 Å². The number of phenolic OH excluding ortho intramolecular Hbond substituents is 1. The average molecular weight is 529 g/mol. The maximum atomic E-state index is 11.7. The molecule has 0 aromatic heterocycles. The van der Waals surface area contributed by atoms with Crippen LogP contribution in [0.4, 0.5) is 4.79 Å². The molecular weight excluding hydrogens is 492 g/mol. The Labute approximate surface area is 230 Å². The minimum atomic E-state index is -1.08. The standard InChI is InChI=1S/C32H36N2O5/c1-5-28(24-10-7-6-8-11-24)31(25-13-15-26(35)16-14-25)29-18-17-27(22-23(29)2)39-21-20-34(32(37)38)19-9-12-30(36)33(3)4/h6-18,22,35H,5,19-21H2,1-4H3,(H,37,38). The first-order valence-corrected chi connectivity index (χ1v) is 12.9. The van der Waals surface area contributed by atoms with E-state index in [1.165, 1.54) is 27.5 Å². The number of allylic oxidation sites excluding steroid dienone is 1. The molecule has 2 amide bonds. The van der Waals surface area contributed by atoms with Gasteiger partial charge in [0.2, 0.25) is 5.91 Å². The number of aromatic hydroxyl groups is 1. The summed E-state index contributed by atoms with van der Waals surface area (Å²) in [5.41, 5.74) is 6.48. The van der Waals surface area contributed by atoms with Crippen LogP contribution in [0.1, 0.15) is 35.6 Å². The first-order valence-electron chi connectivity index (χ1n) is 12.9. The summed E-state index contributed by atoms with van der Waals surface area (Å²) in [4.78, 5) is 25.9. The van der Waals surface area contributed by atoms with Gasteiger partial charge in [0.25, 0.3) is 0 Å². The van der Waals surface area contributed by atoms with Crippen LogP contribution in [0, 0.1) is 6.92 Å². The van der Waals surface area contributed by atoms with Crippen LogP contribution in [0.5, 0.6) is 11.5 Å². The van der Waals surface area contributed by atoms with Gasteiger partial charge in [0.15, 0.2) is 0 Å². The van der Waals surface area contributed by atoms with E-state index in [4.69, 9.17) is 4.74 Å². The lowest BCUT2D eigenvalue weighted by atomic mass is 9.86. The van der Waals surface area contributed by atoms with Crippen LogP contribution in [0.15, 0.2) is 84.9 Å². The van der Waals surface area contributed by atoms with Crippen molar-refractivity contribution < 1.29 is 24.5 Å². The number of hydrogen-bond acceptors (Lipinski definition) is 4. The van der Waals surface area contributed by atoms with Crippen LogP contribution >= 0.6 is 0 Å². The molecule has 0 unspecified atom stereocenters. The molecule has 0 fully saturated rings. The molecule has 2 N–H and O–H groups in total. The summed E-state index contributed by atoms with van der Waals surface area (Å²) in [7, 11) is 3.27. The Morgan fingerprint density at radius 2 is 1.64 bits per heavy atom. The van der Waals surface area contributed by atoms with Crippen LogP contribution in [0.25, 0.3) is 11.1 Å². The van der Waals surface area contributed by atoms with Gasteiger partial charge < -0.3 is 24.7 Å². The van der Waals surface area contributed by atoms with E-state index in [1.54, 1.807) is 26.2 Å². The third-order valence-corrected chi connectivity index (χ3v) is 6.33. The van der Waals surface area contributed by atoms with Crippen LogP contribution in [0.2, 0.25) is 0 Å². The van der Waals surface area contributed by atoms with Crippen LogP contribution in [-0.4, -0.2) is 65.8 Å². The van der Waals surface area contributed by atoms with Gasteiger partial charge >= 0.3 is 6.09 Å². The predicted molar refractivity (Wildman–Crippen MR) is 155 cm³/mol. The molecule has 0 aliphatic carbocycles. The Morgan fingerprint density at radius 3 is 2.23 bits per heavy atom. The van der Waals surface area contributed by atoms with Crippen LogP contribution < -0.4 is 4.74 Å². The molecule has 0 spiro atoms. The third-order valence-electron chi connectivity index (χ3n) is 6.33. The van der Waals surface area contributed by atoms with Gasteiger partial charge in [-0.2, -0.15) is 0 Å². The molecule has 7 heteroatoms. The van der Waals surface area contributed by atoms with Gasteiger partial charge in [0.1, 0.15) is 18.1 Å². The minimum absolute atomic E-state index is 0.0936. The molecule has 0 bridgehead atoms. The molecule has 0 saturated heterocycles. The van der Waals surface area contributed by atoms with Crippen LogP contribution in [-0.2, 0) is 4.79 Å². The van der Waals surface area contributed by atoms with Crippen molar-refractivity contribution in [1.29, 1.82) is 0 Å². The van der Waals surface area contributed by atoms with E-state index in [2.05, 4.69) is 19.1 Å². The van der Waals surface area contributed by atoms with E-state index in [1.807, 2.05) is 55.5 Å². The van der Waals surface area contributed by atoms with Crippen molar-refractivity contribution >= 4 is 23.1 Å². The molecule has 0 aliphatic rings. The van der Waals surface area contributed by atoms with Gasteiger partial charge in [0.05, 0.1) is 6.54 Å². The maximum absolute atomic E-state index is 11.7. The maximum Gasteiger partial charge on any atom is 0.407 e. The topological polar surface area (TPSA) is 90.3 Å². The number of amides is 2. The quantitative estimate of drug-likeness (QED) is 0.233. The summed E-state index contributed by atoms with van der Waals surface area (Å²) in [6.45, 7) is 4.58. The highest BCUT2D eigenvalue weighted by molar-refractivity contribution is 5.99. The molecule has 3 aromatic rings. The number of benzene rings is 3. The van der Waals surface area contributed by atoms with Gasteiger partial charge in [0, 0.05) is 26.7 Å². The van der Waals surface area contributed by atoms with E-state index >= 15 is 0 Å². The summed E-state index contributed by atoms with van der Waals surface area (Å²) in [6, 6.07) is 23.4. The minimum Gasteiger partial charge on any atom is -0.508 e. The van der Waals surface area contributed by atoms with E-state index in [9.17, 15) is 19.8 Å². The van der Waals surface area contributed by atoms with Crippen molar-refractivity contribution in [3.63, 3.8) is 0 Å². The largest absolute Gasteiger partial charge is 0.508 e. The Kier molecular flexibility index (Phi) is 10.3. The second-order valence-corrected chi connectivity index (χ2v) is 9.31. The SMILES string of the molecule is CCC(=C(c1ccc(O)cc1)c1ccc(OCCN(CC=CC(=O)N(C)C)C(=O)O)cc1C)c1ccccc1. The molecule has 7 nitrogen and oxygen atoms in total. The molecule has 3 rings (SSSR count). The second kappa shape index (κ2) is 13.9. The molecule has 0 saturated carbocycles. The summed E-state index contributed by atoms with van der Waals surface area (Å²) >= 11 is 0. The van der Waals surface area contributed by atoms with Gasteiger partial charge in [-0.15, -0.1) is 0 Å². The van der Waals surface area contributed by atoms with Crippen molar-refractivity contribution in [3.05, 3.63) is 107 Å². The lowest BCUT2D eigenvalue weighted by Crippen LogP contribution is -2.33. The van der Waals surface area contributed by atoms with Crippen LogP contribution in [0.3, 0.4) is 0 Å². The zero-order valence-corrected chi connectivity index (χ0v) is 22.9. The lowest BCUT2D eigenvalue weighted by molar-refractivity contribution is -0.123. The van der Waals surface area contributed by atoms with E-state index in [0.29, 0.717) is 5.75 Å². The molecule has 0 aliphatic heterocycles. The predicted octanol–water partition coefficient (Wildman–Crippen LogP) is 6.07. The molecule has 0 heterocycles. The van der Waals surface area contributed by atoms with Crippen molar-refractivity contribution in [2.24, 2.45) is 0 Å². The van der Waals surface area contributed by atoms with Crippen molar-refractivity contribution in [2.75, 3.05) is 33.8 Å². The normalized spacial score (nSPS) is 11.7. The highest BCUT2D eigenvalue weighted by Crippen LogP contribution is 2.37. The fourth-order valence-electron chi connectivity index (χ4n) is 4.26. The number of aryl methyl sites for hydroxylation is 1. The Morgan fingerprint density at radius 1 is 0.949 bits per heavy atom. The molecule has 0 atom stereocenters. The molecule has 204 valence electrons. The number of nitrogens with zero attached hydrogens (tertiary/aromatic N) is 2. The van der Waals surface area contributed by atoms with Gasteiger partial charge in [-0.1, -0.05) is 61.5 Å². The molecular formula is C32H36N2O5. The Balaban J connectivity index is 1.83. The van der Waals surface area contributed by atoms with Crippen molar-refractivity contribution in [3.8, 4) is 11.5 Å². The fourth-order valence-corrected chi connectivity index (χ4v) is 4.26. The lowest BCUT2D eigenvalue weighted by Gasteiger charge is -2.20. The number of likely N-dealkylation sites (N-methyl/N-ethyl adjacent to an activating group) is 1. The van der Waals surface area contributed by atoms with E-state index in [-0.39, 0.29) is 31.4 Å². The third kappa shape index (κ3) is 7.98. The van der Waals surface area contributed by atoms with Crippen molar-refractivity contribution in [2.45, 2.75) is 20.3 Å². The number of carbonyl (C=O) groups excluding carboxylic acids is 1. The summed E-state index contributed by atoms with van der Waals surface area (Å²) < 4.78 is 5.91. The second-order valence-electron chi connectivity index (χ2n) is 9.31. The Bertz CT molecular complexity index is 1330. The molecule has 0 radical (unpaired) electrons. The van der Waals surface area contributed by atoms with E-state index in [0.717, 1.165) is 34.2 Å². The summed E-state index contributed by atoms with van der Waals surface area (Å²) in [5, 5.41) is 19.4. The number of carbonyl (C=O) groups is 2. The monoisotopic (exact) mass is 528 g/mol. The number of ether oxygens (including phenoxy) is 1. The van der Waals surface area contributed by atoms with E-state index < -0.39 is 6.09 Å². The summed E-state index contributed by atoms with van der Waals surface area (Å²) in [5.74, 6) is 0.653. The highest BCUT2D eigenvalue weighted by Gasteiger charge is 2.16. The number of rotatable bonds is 11. The first kappa shape index (κ1) is 29.0. The number of hydrogen-bond donors (Lipinski definition) is 2. The first-order chi connectivity index (χ1) is 18.7.